The maximum Gasteiger partial charge on any atom is 0.340 e. The number of carbonyl (C=O) groups is 1. The minimum absolute atomic E-state index is 0.202. The molecule has 0 spiro atoms. The molecule has 0 atom stereocenters. The predicted octanol–water partition coefficient (Wildman–Crippen LogP) is 4.80. The molecule has 2 aromatic carbocycles. The van der Waals surface area contributed by atoms with Gasteiger partial charge in [0, 0.05) is 5.56 Å². The highest BCUT2D eigenvalue weighted by atomic mass is 16.5. The molecule has 0 fully saturated rings. The van der Waals surface area contributed by atoms with E-state index < -0.39 is 5.97 Å². The summed E-state index contributed by atoms with van der Waals surface area (Å²) in [6, 6.07) is 14.6. The molecule has 4 rings (SSSR count). The van der Waals surface area contributed by atoms with Crippen LogP contribution in [-0.4, -0.2) is 17.6 Å². The van der Waals surface area contributed by atoms with Crippen LogP contribution in [0.1, 0.15) is 28.4 Å². The fraction of sp³-hybridized carbons (Fsp3) is 0.174. The van der Waals surface area contributed by atoms with Gasteiger partial charge in [0.15, 0.2) is 0 Å². The van der Waals surface area contributed by atoms with Crippen molar-refractivity contribution in [2.45, 2.75) is 20.8 Å². The number of pyridine rings is 1. The first-order chi connectivity index (χ1) is 13.5. The van der Waals surface area contributed by atoms with Crippen molar-refractivity contribution in [1.82, 2.24) is 4.98 Å². The van der Waals surface area contributed by atoms with Gasteiger partial charge < -0.3 is 9.15 Å². The summed E-state index contributed by atoms with van der Waals surface area (Å²) < 4.78 is 11.2. The van der Waals surface area contributed by atoms with E-state index in [0.29, 0.717) is 16.7 Å². The van der Waals surface area contributed by atoms with Gasteiger partial charge in [-0.05, 0) is 44.0 Å². The molecular formula is C23H19NO4. The zero-order valence-corrected chi connectivity index (χ0v) is 15.9. The van der Waals surface area contributed by atoms with Gasteiger partial charge >= 0.3 is 5.97 Å². The van der Waals surface area contributed by atoms with E-state index in [-0.39, 0.29) is 28.7 Å². The van der Waals surface area contributed by atoms with Gasteiger partial charge in [-0.2, -0.15) is 0 Å². The molecule has 0 amide bonds. The zero-order chi connectivity index (χ0) is 19.8. The Kier molecular flexibility index (Phi) is 4.43. The topological polar surface area (TPSA) is 69.4 Å². The molecule has 4 aromatic rings. The summed E-state index contributed by atoms with van der Waals surface area (Å²) in [5.41, 5.74) is 3.74. The average molecular weight is 373 g/mol. The molecule has 140 valence electrons. The van der Waals surface area contributed by atoms with E-state index >= 15 is 0 Å². The minimum Gasteiger partial charge on any atom is -0.462 e. The molecule has 2 aromatic heterocycles. The molecular weight excluding hydrogens is 354 g/mol. The van der Waals surface area contributed by atoms with Crippen LogP contribution in [0.2, 0.25) is 0 Å². The van der Waals surface area contributed by atoms with Gasteiger partial charge in [-0.1, -0.05) is 36.4 Å². The van der Waals surface area contributed by atoms with E-state index in [1.54, 1.807) is 6.92 Å². The first-order valence-corrected chi connectivity index (χ1v) is 9.11. The third-order valence-corrected chi connectivity index (χ3v) is 4.65. The van der Waals surface area contributed by atoms with E-state index in [1.165, 1.54) is 6.07 Å². The molecule has 0 bridgehead atoms. The molecule has 0 radical (unpaired) electrons. The first-order valence-electron chi connectivity index (χ1n) is 9.11. The van der Waals surface area contributed by atoms with Crippen LogP contribution in [0.4, 0.5) is 0 Å². The van der Waals surface area contributed by atoms with Crippen molar-refractivity contribution >= 4 is 28.0 Å². The van der Waals surface area contributed by atoms with Crippen LogP contribution in [0.15, 0.2) is 57.7 Å². The number of hydrogen-bond donors (Lipinski definition) is 0. The lowest BCUT2D eigenvalue weighted by atomic mass is 10.0. The van der Waals surface area contributed by atoms with Crippen molar-refractivity contribution in [2.24, 2.45) is 0 Å². The highest BCUT2D eigenvalue weighted by Crippen LogP contribution is 2.28. The number of nitrogens with zero attached hydrogens (tertiary/aromatic N) is 1. The third kappa shape index (κ3) is 2.95. The number of fused-ring (bicyclic) bond motifs is 2. The van der Waals surface area contributed by atoms with Crippen LogP contribution < -0.4 is 5.43 Å². The van der Waals surface area contributed by atoms with Gasteiger partial charge in [-0.3, -0.25) is 4.79 Å². The maximum absolute atomic E-state index is 13.1. The highest BCUT2D eigenvalue weighted by molar-refractivity contribution is 6.01. The normalized spacial score (nSPS) is 11.1. The Balaban J connectivity index is 2.11. The zero-order valence-electron chi connectivity index (χ0n) is 15.9. The molecule has 0 aliphatic rings. The molecule has 0 saturated carbocycles. The molecule has 0 aliphatic heterocycles. The molecule has 28 heavy (non-hydrogen) atoms. The molecule has 0 aliphatic carbocycles. The van der Waals surface area contributed by atoms with Gasteiger partial charge in [0.1, 0.15) is 5.58 Å². The Hall–Kier alpha value is -3.47. The second kappa shape index (κ2) is 6.93. The smallest absolute Gasteiger partial charge is 0.340 e. The number of esters is 1. The molecule has 5 heteroatoms. The van der Waals surface area contributed by atoms with Crippen molar-refractivity contribution in [1.29, 1.82) is 0 Å². The fourth-order valence-corrected chi connectivity index (χ4v) is 3.46. The highest BCUT2D eigenvalue weighted by Gasteiger charge is 2.20. The Morgan fingerprint density at radius 2 is 1.86 bits per heavy atom. The summed E-state index contributed by atoms with van der Waals surface area (Å²) >= 11 is 0. The maximum atomic E-state index is 13.1. The van der Waals surface area contributed by atoms with E-state index in [2.05, 4.69) is 4.98 Å². The Morgan fingerprint density at radius 3 is 2.57 bits per heavy atom. The molecule has 0 N–H and O–H groups in total. The number of carbonyl (C=O) groups excluding carboxylic acids is 1. The van der Waals surface area contributed by atoms with Crippen LogP contribution in [0.25, 0.3) is 33.3 Å². The van der Waals surface area contributed by atoms with E-state index in [4.69, 9.17) is 9.15 Å². The quantitative estimate of drug-likeness (QED) is 0.381. The second-order valence-electron chi connectivity index (χ2n) is 6.71. The lowest BCUT2D eigenvalue weighted by Crippen LogP contribution is -2.11. The van der Waals surface area contributed by atoms with Crippen LogP contribution in [-0.2, 0) is 4.74 Å². The van der Waals surface area contributed by atoms with Crippen molar-refractivity contribution < 1.29 is 13.9 Å². The van der Waals surface area contributed by atoms with Crippen LogP contribution >= 0.6 is 0 Å². The fourth-order valence-electron chi connectivity index (χ4n) is 3.46. The van der Waals surface area contributed by atoms with Crippen molar-refractivity contribution in [3.05, 3.63) is 75.4 Å². The number of aryl methyl sites for hydroxylation is 2. The average Bonchev–Trinajstić information content (AvgIpc) is 2.67. The van der Waals surface area contributed by atoms with Gasteiger partial charge in [0.05, 0.1) is 28.6 Å². The van der Waals surface area contributed by atoms with Crippen molar-refractivity contribution in [3.8, 4) is 11.3 Å². The molecule has 0 saturated heterocycles. The van der Waals surface area contributed by atoms with E-state index in [1.807, 2.05) is 56.3 Å². The van der Waals surface area contributed by atoms with Crippen LogP contribution in [0.3, 0.4) is 0 Å². The van der Waals surface area contributed by atoms with Gasteiger partial charge in [0.2, 0.25) is 11.1 Å². The lowest BCUT2D eigenvalue weighted by Gasteiger charge is -2.11. The molecule has 5 nitrogen and oxygen atoms in total. The number of rotatable bonds is 3. The number of benzene rings is 2. The lowest BCUT2D eigenvalue weighted by molar-refractivity contribution is 0.0527. The van der Waals surface area contributed by atoms with Crippen molar-refractivity contribution in [3.63, 3.8) is 0 Å². The summed E-state index contributed by atoms with van der Waals surface area (Å²) in [5, 5.41) is 0.768. The van der Waals surface area contributed by atoms with Gasteiger partial charge in [-0.15, -0.1) is 0 Å². The summed E-state index contributed by atoms with van der Waals surface area (Å²) in [7, 11) is 0. The number of hydrogen-bond acceptors (Lipinski definition) is 5. The van der Waals surface area contributed by atoms with E-state index in [0.717, 1.165) is 16.7 Å². The Labute approximate surface area is 161 Å². The van der Waals surface area contributed by atoms with Crippen molar-refractivity contribution in [2.75, 3.05) is 6.61 Å². The predicted molar refractivity (Wildman–Crippen MR) is 109 cm³/mol. The van der Waals surface area contributed by atoms with Crippen LogP contribution in [0, 0.1) is 13.8 Å². The summed E-state index contributed by atoms with van der Waals surface area (Å²) in [6.45, 7) is 5.79. The number of aromatic nitrogens is 1. The second-order valence-corrected chi connectivity index (χ2v) is 6.71. The van der Waals surface area contributed by atoms with E-state index in [9.17, 15) is 9.59 Å². The summed E-state index contributed by atoms with van der Waals surface area (Å²) in [5.74, 6) is -0.518. The monoisotopic (exact) mass is 373 g/mol. The summed E-state index contributed by atoms with van der Waals surface area (Å²) in [4.78, 5) is 30.3. The Morgan fingerprint density at radius 1 is 1.11 bits per heavy atom. The third-order valence-electron chi connectivity index (χ3n) is 4.65. The molecule has 0 unspecified atom stereocenters. The minimum atomic E-state index is -0.518. The first kappa shape index (κ1) is 17.9. The van der Waals surface area contributed by atoms with Gasteiger partial charge in [-0.25, -0.2) is 9.78 Å². The molecule has 2 heterocycles. The summed E-state index contributed by atoms with van der Waals surface area (Å²) in [6.07, 6.45) is 0. The Bertz CT molecular complexity index is 1270. The largest absolute Gasteiger partial charge is 0.462 e. The SMILES string of the molecule is CCOC(=O)c1cc2c(=O)c3c(C)cc(C)cc3oc2nc1-c1ccccc1. The van der Waals surface area contributed by atoms with Crippen LogP contribution in [0.5, 0.6) is 0 Å². The van der Waals surface area contributed by atoms with Gasteiger partial charge in [0.25, 0.3) is 0 Å². The number of ether oxygens (including phenoxy) is 1. The standard InChI is InChI=1S/C23H19NO4/c1-4-27-23(26)16-12-17-21(25)19-14(3)10-13(2)11-18(19)28-22(17)24-20(16)15-8-6-5-7-9-15/h5-12H,4H2,1-3H3.